The van der Waals surface area contributed by atoms with E-state index in [4.69, 9.17) is 28.3 Å². The van der Waals surface area contributed by atoms with Crippen LogP contribution in [0.15, 0.2) is 41.3 Å². The van der Waals surface area contributed by atoms with Gasteiger partial charge in [-0.25, -0.2) is 9.18 Å². The van der Waals surface area contributed by atoms with Gasteiger partial charge in [-0.15, -0.1) is 11.8 Å². The van der Waals surface area contributed by atoms with Gasteiger partial charge in [0.2, 0.25) is 0 Å². The monoisotopic (exact) mass is 330 g/mol. The summed E-state index contributed by atoms with van der Waals surface area (Å²) in [5.41, 5.74) is 0.859. The van der Waals surface area contributed by atoms with Crippen molar-refractivity contribution in [2.45, 2.75) is 10.6 Å². The van der Waals surface area contributed by atoms with Gasteiger partial charge in [0.15, 0.2) is 0 Å². The molecule has 0 bridgehead atoms. The van der Waals surface area contributed by atoms with Crippen molar-refractivity contribution >= 4 is 40.9 Å². The van der Waals surface area contributed by atoms with Crippen LogP contribution in [0.3, 0.4) is 0 Å². The first-order chi connectivity index (χ1) is 9.47. The van der Waals surface area contributed by atoms with Crippen LogP contribution in [-0.4, -0.2) is 11.1 Å². The molecule has 0 saturated heterocycles. The number of halogens is 3. The van der Waals surface area contributed by atoms with E-state index in [0.29, 0.717) is 15.8 Å². The number of carbonyl (C=O) groups is 1. The zero-order chi connectivity index (χ0) is 14.7. The van der Waals surface area contributed by atoms with Crippen molar-refractivity contribution in [3.05, 3.63) is 63.4 Å². The molecular weight excluding hydrogens is 322 g/mol. The highest BCUT2D eigenvalue weighted by atomic mass is 35.5. The lowest BCUT2D eigenvalue weighted by Crippen LogP contribution is -1.97. The number of aromatic carboxylic acids is 1. The second kappa shape index (κ2) is 6.48. The lowest BCUT2D eigenvalue weighted by Gasteiger charge is -2.06. The third kappa shape index (κ3) is 3.66. The first kappa shape index (κ1) is 15.2. The molecule has 2 nitrogen and oxygen atoms in total. The minimum Gasteiger partial charge on any atom is -0.478 e. The lowest BCUT2D eigenvalue weighted by molar-refractivity contribution is 0.0696. The molecule has 1 N–H and O–H groups in total. The molecule has 20 heavy (non-hydrogen) atoms. The van der Waals surface area contributed by atoms with Crippen molar-refractivity contribution in [2.24, 2.45) is 0 Å². The van der Waals surface area contributed by atoms with Gasteiger partial charge in [0.25, 0.3) is 0 Å². The fraction of sp³-hybridized carbons (Fsp3) is 0.0714. The summed E-state index contributed by atoms with van der Waals surface area (Å²) in [5.74, 6) is -1.11. The maximum absolute atomic E-state index is 13.6. The van der Waals surface area contributed by atoms with E-state index < -0.39 is 11.8 Å². The van der Waals surface area contributed by atoms with E-state index in [9.17, 15) is 9.18 Å². The van der Waals surface area contributed by atoms with E-state index in [-0.39, 0.29) is 10.5 Å². The Labute approximate surface area is 129 Å². The second-order valence-electron chi connectivity index (χ2n) is 3.97. The van der Waals surface area contributed by atoms with Crippen molar-refractivity contribution in [1.29, 1.82) is 0 Å². The van der Waals surface area contributed by atoms with Crippen LogP contribution in [-0.2, 0) is 5.75 Å². The van der Waals surface area contributed by atoms with Gasteiger partial charge in [-0.2, -0.15) is 0 Å². The van der Waals surface area contributed by atoms with Crippen LogP contribution in [0.25, 0.3) is 0 Å². The van der Waals surface area contributed by atoms with Crippen LogP contribution in [0, 0.1) is 5.82 Å². The average molecular weight is 331 g/mol. The Kier molecular flexibility index (Phi) is 4.91. The molecule has 0 spiro atoms. The average Bonchev–Trinajstić information content (AvgIpc) is 2.39. The van der Waals surface area contributed by atoms with Crippen LogP contribution in [0.1, 0.15) is 15.9 Å². The summed E-state index contributed by atoms with van der Waals surface area (Å²) in [7, 11) is 0. The largest absolute Gasteiger partial charge is 0.478 e. The van der Waals surface area contributed by atoms with Crippen LogP contribution in [0.2, 0.25) is 10.0 Å². The molecule has 0 amide bonds. The highest BCUT2D eigenvalue weighted by Crippen LogP contribution is 2.30. The molecule has 2 aromatic rings. The summed E-state index contributed by atoms with van der Waals surface area (Å²) in [6, 6.07) is 8.77. The normalized spacial score (nSPS) is 10.6. The summed E-state index contributed by atoms with van der Waals surface area (Å²) in [6.45, 7) is 0. The molecule has 0 atom stereocenters. The van der Waals surface area contributed by atoms with E-state index in [1.165, 1.54) is 23.9 Å². The van der Waals surface area contributed by atoms with Crippen molar-refractivity contribution < 1.29 is 14.3 Å². The Morgan fingerprint density at radius 1 is 1.20 bits per heavy atom. The maximum atomic E-state index is 13.6. The van der Waals surface area contributed by atoms with Gasteiger partial charge in [-0.05, 0) is 35.9 Å². The molecule has 0 radical (unpaired) electrons. The number of benzene rings is 2. The van der Waals surface area contributed by atoms with Gasteiger partial charge < -0.3 is 5.11 Å². The van der Waals surface area contributed by atoms with Crippen LogP contribution >= 0.6 is 35.0 Å². The van der Waals surface area contributed by atoms with E-state index in [2.05, 4.69) is 0 Å². The number of thioether (sulfide) groups is 1. The van der Waals surface area contributed by atoms with E-state index in [1.54, 1.807) is 18.2 Å². The number of hydrogen-bond donors (Lipinski definition) is 1. The first-order valence-corrected chi connectivity index (χ1v) is 7.31. The Balaban J connectivity index is 2.18. The minimum absolute atomic E-state index is 0.0519. The van der Waals surface area contributed by atoms with Gasteiger partial charge in [0.05, 0.1) is 5.56 Å². The van der Waals surface area contributed by atoms with Crippen LogP contribution in [0.5, 0.6) is 0 Å². The molecule has 0 aromatic heterocycles. The number of carboxylic acids is 1. The van der Waals surface area contributed by atoms with E-state index >= 15 is 0 Å². The molecule has 104 valence electrons. The summed E-state index contributed by atoms with van der Waals surface area (Å²) >= 11 is 13.0. The molecule has 2 aromatic carbocycles. The first-order valence-electron chi connectivity index (χ1n) is 5.57. The van der Waals surface area contributed by atoms with Gasteiger partial charge in [0, 0.05) is 20.7 Å². The molecule has 2 rings (SSSR count). The Morgan fingerprint density at radius 3 is 2.60 bits per heavy atom. The second-order valence-corrected chi connectivity index (χ2v) is 5.84. The minimum atomic E-state index is -1.09. The van der Waals surface area contributed by atoms with Crippen LogP contribution < -0.4 is 0 Å². The molecule has 0 aliphatic heterocycles. The number of hydrogen-bond acceptors (Lipinski definition) is 2. The fourth-order valence-corrected chi connectivity index (χ4v) is 3.07. The third-order valence-electron chi connectivity index (χ3n) is 2.58. The molecule has 0 saturated carbocycles. The third-order valence-corrected chi connectivity index (χ3v) is 4.24. The summed E-state index contributed by atoms with van der Waals surface area (Å²) in [5, 5.41) is 9.92. The predicted octanol–water partition coefficient (Wildman–Crippen LogP) is 5.12. The van der Waals surface area contributed by atoms with Gasteiger partial charge in [0.1, 0.15) is 5.82 Å². The highest BCUT2D eigenvalue weighted by molar-refractivity contribution is 7.98. The number of carboxylic acid groups (broad SMARTS) is 1. The molecule has 0 heterocycles. The standard InChI is InChI=1S/C14H9Cl2FO2S/c15-10-3-1-9(11(16)6-10)7-20-13-5-8(14(18)19)2-4-12(13)17/h1-6H,7H2,(H,18,19). The summed E-state index contributed by atoms with van der Waals surface area (Å²) in [4.78, 5) is 11.1. The molecule has 0 aliphatic rings. The van der Waals surface area contributed by atoms with Crippen molar-refractivity contribution in [1.82, 2.24) is 0 Å². The molecule has 0 fully saturated rings. The zero-order valence-electron chi connectivity index (χ0n) is 10.1. The predicted molar refractivity (Wildman–Crippen MR) is 79.4 cm³/mol. The smallest absolute Gasteiger partial charge is 0.335 e. The Bertz CT molecular complexity index is 662. The molecule has 6 heteroatoms. The van der Waals surface area contributed by atoms with E-state index in [1.807, 2.05) is 0 Å². The van der Waals surface area contributed by atoms with Gasteiger partial charge in [-0.1, -0.05) is 29.3 Å². The molecule has 0 unspecified atom stereocenters. The molecular formula is C14H9Cl2FO2S. The Morgan fingerprint density at radius 2 is 1.95 bits per heavy atom. The maximum Gasteiger partial charge on any atom is 0.335 e. The highest BCUT2D eigenvalue weighted by Gasteiger charge is 2.10. The summed E-state index contributed by atoms with van der Waals surface area (Å²) < 4.78 is 13.6. The topological polar surface area (TPSA) is 37.3 Å². The summed E-state index contributed by atoms with van der Waals surface area (Å²) in [6.07, 6.45) is 0. The SMILES string of the molecule is O=C(O)c1ccc(F)c(SCc2ccc(Cl)cc2Cl)c1. The zero-order valence-corrected chi connectivity index (χ0v) is 12.4. The van der Waals surface area contributed by atoms with Crippen molar-refractivity contribution in [2.75, 3.05) is 0 Å². The van der Waals surface area contributed by atoms with Crippen molar-refractivity contribution in [3.63, 3.8) is 0 Å². The van der Waals surface area contributed by atoms with Crippen LogP contribution in [0.4, 0.5) is 4.39 Å². The Hall–Kier alpha value is -1.23. The van der Waals surface area contributed by atoms with Crippen molar-refractivity contribution in [3.8, 4) is 0 Å². The molecule has 0 aliphatic carbocycles. The van der Waals surface area contributed by atoms with Gasteiger partial charge >= 0.3 is 5.97 Å². The fourth-order valence-electron chi connectivity index (χ4n) is 1.54. The van der Waals surface area contributed by atoms with Gasteiger partial charge in [-0.3, -0.25) is 0 Å². The number of rotatable bonds is 4. The quantitative estimate of drug-likeness (QED) is 0.790. The lowest BCUT2D eigenvalue weighted by atomic mass is 10.2. The van der Waals surface area contributed by atoms with E-state index in [0.717, 1.165) is 11.6 Å².